The van der Waals surface area contributed by atoms with Gasteiger partial charge in [-0.25, -0.2) is 0 Å². The first-order valence-corrected chi connectivity index (χ1v) is 4.96. The summed E-state index contributed by atoms with van der Waals surface area (Å²) in [5.41, 5.74) is 4.10. The number of allylic oxidation sites excluding steroid dienone is 1. The van der Waals surface area contributed by atoms with E-state index in [1.165, 1.54) is 13.7 Å². The molecule has 0 saturated heterocycles. The van der Waals surface area contributed by atoms with Crippen LogP contribution in [0.5, 0.6) is 0 Å². The maximum atomic E-state index is 9.94. The number of rotatable bonds is 6. The van der Waals surface area contributed by atoms with Crippen LogP contribution in [0, 0.1) is 5.41 Å². The highest BCUT2D eigenvalue weighted by Gasteiger charge is 2.38. The van der Waals surface area contributed by atoms with Gasteiger partial charge in [-0.15, -0.1) is 0 Å². The second-order valence-electron chi connectivity index (χ2n) is 4.19. The van der Waals surface area contributed by atoms with Crippen molar-refractivity contribution in [2.45, 2.75) is 45.3 Å². The van der Waals surface area contributed by atoms with Crippen LogP contribution in [-0.4, -0.2) is 30.0 Å². The van der Waals surface area contributed by atoms with Crippen LogP contribution < -0.4 is 5.73 Å². The summed E-state index contributed by atoms with van der Waals surface area (Å²) >= 11 is 0. The second-order valence-corrected chi connectivity index (χ2v) is 4.19. The summed E-state index contributed by atoms with van der Waals surface area (Å²) in [7, 11) is 1.40. The Kier molecular flexibility index (Phi) is 5.04. The molecule has 0 spiro atoms. The molecule has 0 aliphatic rings. The first-order valence-electron chi connectivity index (χ1n) is 4.96. The Hall–Kier alpha value is -0.805. The molecule has 4 N–H and O–H groups in total. The van der Waals surface area contributed by atoms with E-state index in [2.05, 4.69) is 0 Å². The van der Waals surface area contributed by atoms with Crippen LogP contribution in [0.15, 0.2) is 11.7 Å². The minimum absolute atomic E-state index is 0.471. The fourth-order valence-corrected chi connectivity index (χ4v) is 0.980. The molecular weight excluding hydrogens is 191 g/mol. The molecule has 0 rings (SSSR count). The van der Waals surface area contributed by atoms with Crippen molar-refractivity contribution in [3.8, 4) is 0 Å². The van der Waals surface area contributed by atoms with E-state index in [-0.39, 0.29) is 0 Å². The minimum Gasteiger partial charge on any atom is -0.426 e. The van der Waals surface area contributed by atoms with E-state index in [0.29, 0.717) is 11.9 Å². The maximum absolute atomic E-state index is 9.94. The van der Waals surface area contributed by atoms with E-state index in [1.54, 1.807) is 13.8 Å². The van der Waals surface area contributed by atoms with Crippen molar-refractivity contribution in [2.24, 2.45) is 5.73 Å². The number of nitrogens with two attached hydrogens (primary N) is 1. The summed E-state index contributed by atoms with van der Waals surface area (Å²) in [4.78, 5) is 0. The summed E-state index contributed by atoms with van der Waals surface area (Å²) < 4.78 is 5.51. The second kappa shape index (κ2) is 5.33. The lowest BCUT2D eigenvalue weighted by molar-refractivity contribution is -0.103. The zero-order valence-corrected chi connectivity index (χ0v) is 9.87. The Morgan fingerprint density at radius 3 is 2.33 bits per heavy atom. The standard InChI is InChI=1S/C10H20BN2O2/c1-5-10(4,9(2,3)14)15-11-8(6-12)7-13/h6-7,12,14H,5,13H2,1-4H3/b8-7+,12-6?. The van der Waals surface area contributed by atoms with E-state index in [0.717, 1.165) is 6.21 Å². The van der Waals surface area contributed by atoms with Crippen molar-refractivity contribution in [1.82, 2.24) is 0 Å². The highest BCUT2D eigenvalue weighted by atomic mass is 16.5. The lowest BCUT2D eigenvalue weighted by Crippen LogP contribution is -2.50. The van der Waals surface area contributed by atoms with Gasteiger partial charge in [0.15, 0.2) is 0 Å². The van der Waals surface area contributed by atoms with Gasteiger partial charge in [0.25, 0.3) is 0 Å². The molecule has 0 aromatic carbocycles. The average molecular weight is 211 g/mol. The minimum atomic E-state index is -0.958. The van der Waals surface area contributed by atoms with Crippen LogP contribution in [0.2, 0.25) is 0 Å². The molecule has 85 valence electrons. The molecule has 0 aliphatic heterocycles. The Morgan fingerprint density at radius 2 is 2.07 bits per heavy atom. The molecule has 5 heteroatoms. The van der Waals surface area contributed by atoms with Crippen molar-refractivity contribution in [2.75, 3.05) is 0 Å². The summed E-state index contributed by atoms with van der Waals surface area (Å²) in [6.07, 6.45) is 3.04. The molecule has 0 saturated carbocycles. The van der Waals surface area contributed by atoms with E-state index in [4.69, 9.17) is 15.8 Å². The van der Waals surface area contributed by atoms with Crippen molar-refractivity contribution < 1.29 is 9.76 Å². The SMILES string of the molecule is CCC(C)(O[B]/C(C=N)=C/N)C(C)(C)O. The van der Waals surface area contributed by atoms with Crippen molar-refractivity contribution in [1.29, 1.82) is 5.41 Å². The molecule has 0 aromatic heterocycles. The number of aliphatic hydroxyl groups is 1. The third-order valence-electron chi connectivity index (χ3n) is 2.78. The molecule has 0 aromatic rings. The molecule has 0 fully saturated rings. The molecule has 15 heavy (non-hydrogen) atoms. The third-order valence-corrected chi connectivity index (χ3v) is 2.78. The zero-order chi connectivity index (χ0) is 12.1. The lowest BCUT2D eigenvalue weighted by Gasteiger charge is -2.40. The van der Waals surface area contributed by atoms with Crippen molar-refractivity contribution in [3.63, 3.8) is 0 Å². The average Bonchev–Trinajstić information content (AvgIpc) is 2.17. The Bertz CT molecular complexity index is 248. The van der Waals surface area contributed by atoms with E-state index < -0.39 is 11.2 Å². The molecule has 4 nitrogen and oxygen atoms in total. The van der Waals surface area contributed by atoms with E-state index >= 15 is 0 Å². The molecule has 0 bridgehead atoms. The maximum Gasteiger partial charge on any atom is 0.333 e. The largest absolute Gasteiger partial charge is 0.426 e. The molecule has 1 radical (unpaired) electrons. The van der Waals surface area contributed by atoms with E-state index in [9.17, 15) is 5.11 Å². The lowest BCUT2D eigenvalue weighted by atomic mass is 9.80. The van der Waals surface area contributed by atoms with Gasteiger partial charge in [0.1, 0.15) is 0 Å². The van der Waals surface area contributed by atoms with Gasteiger partial charge in [0.05, 0.1) is 11.2 Å². The van der Waals surface area contributed by atoms with Crippen LogP contribution in [0.25, 0.3) is 0 Å². The summed E-state index contributed by atoms with van der Waals surface area (Å²) in [5, 5.41) is 17.0. The highest BCUT2D eigenvalue weighted by molar-refractivity contribution is 6.45. The third kappa shape index (κ3) is 3.68. The van der Waals surface area contributed by atoms with Crippen molar-refractivity contribution in [3.05, 3.63) is 11.7 Å². The first-order chi connectivity index (χ1) is 6.80. The topological polar surface area (TPSA) is 79.3 Å². The smallest absolute Gasteiger partial charge is 0.333 e. The van der Waals surface area contributed by atoms with Gasteiger partial charge in [0.2, 0.25) is 0 Å². The Labute approximate surface area is 92.3 Å². The fourth-order valence-electron chi connectivity index (χ4n) is 0.980. The molecule has 1 unspecified atom stereocenters. The molecule has 0 aliphatic carbocycles. The predicted molar refractivity (Wildman–Crippen MR) is 62.9 cm³/mol. The number of nitrogens with one attached hydrogen (secondary N) is 1. The first kappa shape index (κ1) is 14.2. The van der Waals surface area contributed by atoms with Gasteiger partial charge in [-0.2, -0.15) is 0 Å². The van der Waals surface area contributed by atoms with Crippen molar-refractivity contribution >= 4 is 13.7 Å². The number of hydrogen-bond donors (Lipinski definition) is 3. The number of hydrogen-bond acceptors (Lipinski definition) is 4. The van der Waals surface area contributed by atoms with Crippen LogP contribution in [0.3, 0.4) is 0 Å². The summed E-state index contributed by atoms with van der Waals surface area (Å²) in [6, 6.07) is 0. The summed E-state index contributed by atoms with van der Waals surface area (Å²) in [5.74, 6) is 0. The fraction of sp³-hybridized carbons (Fsp3) is 0.700. The normalized spacial score (nSPS) is 17.0. The molecular formula is C10H20BN2O2. The molecule has 0 heterocycles. The van der Waals surface area contributed by atoms with Gasteiger partial charge < -0.3 is 20.9 Å². The molecule has 0 amide bonds. The highest BCUT2D eigenvalue weighted by Crippen LogP contribution is 2.28. The van der Waals surface area contributed by atoms with Gasteiger partial charge in [-0.1, -0.05) is 6.92 Å². The van der Waals surface area contributed by atoms with Crippen LogP contribution in [-0.2, 0) is 4.65 Å². The van der Waals surface area contributed by atoms with Gasteiger partial charge in [0, 0.05) is 6.21 Å². The zero-order valence-electron chi connectivity index (χ0n) is 9.87. The molecule has 1 atom stereocenters. The van der Waals surface area contributed by atoms with Gasteiger partial charge in [-0.3, -0.25) is 0 Å². The monoisotopic (exact) mass is 211 g/mol. The van der Waals surface area contributed by atoms with E-state index in [1.807, 2.05) is 13.8 Å². The van der Waals surface area contributed by atoms with Gasteiger partial charge in [-0.05, 0) is 38.9 Å². The quantitative estimate of drug-likeness (QED) is 0.453. The predicted octanol–water partition coefficient (Wildman–Crippen LogP) is 1.01. The Balaban J connectivity index is 4.54. The van der Waals surface area contributed by atoms with Crippen LogP contribution in [0.4, 0.5) is 0 Å². The van der Waals surface area contributed by atoms with Crippen LogP contribution >= 0.6 is 0 Å². The van der Waals surface area contributed by atoms with Crippen LogP contribution in [0.1, 0.15) is 34.1 Å². The summed E-state index contributed by atoms with van der Waals surface area (Å²) in [6.45, 7) is 7.14. The van der Waals surface area contributed by atoms with Gasteiger partial charge >= 0.3 is 7.48 Å². The Morgan fingerprint density at radius 1 is 1.53 bits per heavy atom.